The molecule has 1 aliphatic heterocycles. The molecule has 1 aliphatic rings. The van der Waals surface area contributed by atoms with Crippen LogP contribution >= 0.6 is 12.4 Å². The molecule has 2 aromatic rings. The number of carbonyl (C=O) groups is 1. The van der Waals surface area contributed by atoms with E-state index in [2.05, 4.69) is 24.3 Å². The van der Waals surface area contributed by atoms with Crippen LogP contribution in [0.3, 0.4) is 0 Å². The van der Waals surface area contributed by atoms with Gasteiger partial charge in [-0.3, -0.25) is 4.79 Å². The van der Waals surface area contributed by atoms with E-state index in [1.165, 1.54) is 10.8 Å². The van der Waals surface area contributed by atoms with E-state index in [9.17, 15) is 4.79 Å². The van der Waals surface area contributed by atoms with Crippen molar-refractivity contribution in [2.45, 2.75) is 32.2 Å². The van der Waals surface area contributed by atoms with Crippen molar-refractivity contribution in [3.63, 3.8) is 0 Å². The summed E-state index contributed by atoms with van der Waals surface area (Å²) in [5.74, 6) is 0.659. The molecule has 3 nitrogen and oxygen atoms in total. The van der Waals surface area contributed by atoms with Gasteiger partial charge in [0, 0.05) is 19.1 Å². The van der Waals surface area contributed by atoms with Crippen molar-refractivity contribution in [2.75, 3.05) is 13.1 Å². The van der Waals surface area contributed by atoms with Crippen LogP contribution in [0.2, 0.25) is 0 Å². The molecule has 0 bridgehead atoms. The smallest absolute Gasteiger partial charge is 0.227 e. The molecule has 4 heteroatoms. The van der Waals surface area contributed by atoms with E-state index in [0.29, 0.717) is 12.3 Å². The number of fused-ring (bicyclic) bond motifs is 1. The minimum Gasteiger partial charge on any atom is -0.342 e. The highest BCUT2D eigenvalue weighted by Crippen LogP contribution is 2.22. The fourth-order valence-corrected chi connectivity index (χ4v) is 3.39. The molecule has 2 N–H and O–H groups in total. The molecule has 0 aromatic heterocycles. The van der Waals surface area contributed by atoms with Crippen molar-refractivity contribution in [1.29, 1.82) is 0 Å². The Labute approximate surface area is 144 Å². The molecular weight excluding hydrogens is 308 g/mol. The molecule has 2 atom stereocenters. The van der Waals surface area contributed by atoms with Crippen LogP contribution in [0.15, 0.2) is 42.5 Å². The number of nitrogens with zero attached hydrogens (tertiary/aromatic N) is 1. The van der Waals surface area contributed by atoms with E-state index in [4.69, 9.17) is 5.73 Å². The lowest BCUT2D eigenvalue weighted by Gasteiger charge is -2.34. The number of nitrogens with two attached hydrogens (primary N) is 1. The Bertz CT molecular complexity index is 666. The summed E-state index contributed by atoms with van der Waals surface area (Å²) in [4.78, 5) is 14.7. The van der Waals surface area contributed by atoms with E-state index in [1.807, 2.05) is 30.0 Å². The summed E-state index contributed by atoms with van der Waals surface area (Å²) in [5, 5.41) is 2.37. The Morgan fingerprint density at radius 2 is 2.00 bits per heavy atom. The number of rotatable bonds is 3. The Kier molecular flexibility index (Phi) is 6.03. The van der Waals surface area contributed by atoms with Crippen LogP contribution in [0.1, 0.15) is 25.3 Å². The lowest BCUT2D eigenvalue weighted by atomic mass is 9.91. The number of piperidine rings is 1. The van der Waals surface area contributed by atoms with Crippen LogP contribution in [0.25, 0.3) is 10.8 Å². The minimum atomic E-state index is 0. The molecule has 23 heavy (non-hydrogen) atoms. The van der Waals surface area contributed by atoms with Gasteiger partial charge in [-0.15, -0.1) is 12.4 Å². The quantitative estimate of drug-likeness (QED) is 0.936. The Morgan fingerprint density at radius 3 is 2.78 bits per heavy atom. The number of carbonyl (C=O) groups excluding carboxylic acids is 1. The van der Waals surface area contributed by atoms with Gasteiger partial charge in [0.2, 0.25) is 5.91 Å². The zero-order valence-corrected chi connectivity index (χ0v) is 14.4. The lowest BCUT2D eigenvalue weighted by Crippen LogP contribution is -2.45. The summed E-state index contributed by atoms with van der Waals surface area (Å²) in [6, 6.07) is 14.6. The molecule has 0 spiro atoms. The highest BCUT2D eigenvalue weighted by molar-refractivity contribution is 5.90. The summed E-state index contributed by atoms with van der Waals surface area (Å²) in [5.41, 5.74) is 7.14. The molecular formula is C19H25ClN2O. The zero-order valence-electron chi connectivity index (χ0n) is 13.6. The van der Waals surface area contributed by atoms with Gasteiger partial charge in [0.25, 0.3) is 0 Å². The molecule has 1 amide bonds. The first-order valence-electron chi connectivity index (χ1n) is 8.15. The maximum absolute atomic E-state index is 12.7. The number of hydrogen-bond donors (Lipinski definition) is 1. The molecule has 0 saturated carbocycles. The van der Waals surface area contributed by atoms with Gasteiger partial charge in [-0.2, -0.15) is 0 Å². The van der Waals surface area contributed by atoms with Crippen molar-refractivity contribution in [2.24, 2.45) is 11.7 Å². The maximum Gasteiger partial charge on any atom is 0.227 e. The number of hydrogen-bond acceptors (Lipinski definition) is 2. The van der Waals surface area contributed by atoms with Crippen LogP contribution in [-0.4, -0.2) is 29.9 Å². The standard InChI is InChI=1S/C19H24N2O.ClH/c1-14(20)17-9-5-11-21(13-17)19(22)12-16-8-4-7-15-6-2-3-10-18(15)16;/h2-4,6-8,10,14,17H,5,9,11-13,20H2,1H3;1H. The van der Waals surface area contributed by atoms with Crippen LogP contribution in [0.5, 0.6) is 0 Å². The topological polar surface area (TPSA) is 46.3 Å². The molecule has 0 aliphatic carbocycles. The van der Waals surface area contributed by atoms with Gasteiger partial charge >= 0.3 is 0 Å². The molecule has 2 aromatic carbocycles. The van der Waals surface area contributed by atoms with Gasteiger partial charge in [-0.05, 0) is 42.0 Å². The molecule has 1 heterocycles. The lowest BCUT2D eigenvalue weighted by molar-refractivity contribution is -0.132. The van der Waals surface area contributed by atoms with Crippen molar-refractivity contribution >= 4 is 29.1 Å². The summed E-state index contributed by atoms with van der Waals surface area (Å²) in [7, 11) is 0. The molecule has 1 fully saturated rings. The van der Waals surface area contributed by atoms with Crippen LogP contribution in [0.4, 0.5) is 0 Å². The summed E-state index contributed by atoms with van der Waals surface area (Å²) in [6.45, 7) is 3.72. The first-order chi connectivity index (χ1) is 10.6. The highest BCUT2D eigenvalue weighted by Gasteiger charge is 2.25. The minimum absolute atomic E-state index is 0. The van der Waals surface area contributed by atoms with Gasteiger partial charge in [0.1, 0.15) is 0 Å². The molecule has 2 unspecified atom stereocenters. The Balaban J connectivity index is 0.00000192. The Hall–Kier alpha value is -1.58. The molecule has 124 valence electrons. The largest absolute Gasteiger partial charge is 0.342 e. The van der Waals surface area contributed by atoms with Crippen LogP contribution in [0, 0.1) is 5.92 Å². The van der Waals surface area contributed by atoms with E-state index in [0.717, 1.165) is 31.5 Å². The fourth-order valence-electron chi connectivity index (χ4n) is 3.39. The molecule has 3 rings (SSSR count). The third kappa shape index (κ3) is 4.04. The van der Waals surface area contributed by atoms with Crippen molar-refractivity contribution in [3.05, 3.63) is 48.0 Å². The maximum atomic E-state index is 12.7. The van der Waals surface area contributed by atoms with E-state index >= 15 is 0 Å². The summed E-state index contributed by atoms with van der Waals surface area (Å²) in [6.07, 6.45) is 2.68. The van der Waals surface area contributed by atoms with Gasteiger partial charge in [-0.1, -0.05) is 42.5 Å². The SMILES string of the molecule is CC(N)C1CCCN(C(=O)Cc2cccc3ccccc23)C1.Cl. The van der Waals surface area contributed by atoms with Gasteiger partial charge in [0.15, 0.2) is 0 Å². The zero-order chi connectivity index (χ0) is 15.5. The summed E-state index contributed by atoms with van der Waals surface area (Å²) >= 11 is 0. The van der Waals surface area contributed by atoms with Gasteiger partial charge in [0.05, 0.1) is 6.42 Å². The average molecular weight is 333 g/mol. The van der Waals surface area contributed by atoms with E-state index in [-0.39, 0.29) is 24.4 Å². The second kappa shape index (κ2) is 7.80. The number of halogens is 1. The normalized spacial score (nSPS) is 19.2. The van der Waals surface area contributed by atoms with Crippen molar-refractivity contribution in [3.8, 4) is 0 Å². The number of likely N-dealkylation sites (tertiary alicyclic amines) is 1. The van der Waals surface area contributed by atoms with Crippen molar-refractivity contribution in [1.82, 2.24) is 4.90 Å². The van der Waals surface area contributed by atoms with E-state index in [1.54, 1.807) is 0 Å². The predicted octanol–water partition coefficient (Wildman–Crippen LogP) is 3.39. The Morgan fingerprint density at radius 1 is 1.26 bits per heavy atom. The van der Waals surface area contributed by atoms with Gasteiger partial charge < -0.3 is 10.6 Å². The van der Waals surface area contributed by atoms with Crippen molar-refractivity contribution < 1.29 is 4.79 Å². The second-order valence-corrected chi connectivity index (χ2v) is 6.42. The van der Waals surface area contributed by atoms with Crippen LogP contribution < -0.4 is 5.73 Å². The monoisotopic (exact) mass is 332 g/mol. The van der Waals surface area contributed by atoms with E-state index < -0.39 is 0 Å². The third-order valence-electron chi connectivity index (χ3n) is 4.78. The first-order valence-corrected chi connectivity index (χ1v) is 8.15. The first kappa shape index (κ1) is 17.8. The number of benzene rings is 2. The fraction of sp³-hybridized carbons (Fsp3) is 0.421. The molecule has 1 saturated heterocycles. The molecule has 0 radical (unpaired) electrons. The predicted molar refractivity (Wildman–Crippen MR) is 97.9 cm³/mol. The highest BCUT2D eigenvalue weighted by atomic mass is 35.5. The second-order valence-electron chi connectivity index (χ2n) is 6.42. The third-order valence-corrected chi connectivity index (χ3v) is 4.78. The van der Waals surface area contributed by atoms with Gasteiger partial charge in [-0.25, -0.2) is 0 Å². The number of amides is 1. The van der Waals surface area contributed by atoms with Crippen LogP contribution in [-0.2, 0) is 11.2 Å². The average Bonchev–Trinajstić information content (AvgIpc) is 2.55. The summed E-state index contributed by atoms with van der Waals surface area (Å²) < 4.78 is 0.